The summed E-state index contributed by atoms with van der Waals surface area (Å²) in [6.45, 7) is 0.799. The molecular weight excluding hydrogens is 376 g/mol. The molecule has 1 fully saturated rings. The molecule has 0 spiro atoms. The van der Waals surface area contributed by atoms with Crippen LogP contribution in [0.2, 0.25) is 0 Å². The van der Waals surface area contributed by atoms with Gasteiger partial charge in [0.25, 0.3) is 11.8 Å². The minimum absolute atomic E-state index is 0.0366. The second-order valence-corrected chi connectivity index (χ2v) is 8.60. The van der Waals surface area contributed by atoms with Crippen LogP contribution in [0.1, 0.15) is 57.0 Å². The number of H-pyrrole nitrogens is 1. The van der Waals surface area contributed by atoms with E-state index in [0.717, 1.165) is 48.8 Å². The standard InChI is InChI=1S/C24H26N4O2/c1-27(2)23(29)16-5-8-18-15(12-16)7-10-22-19(18)4-3-11-28(22)24(30)17-6-9-20-21(13-17)26-14-25-20/h5-6,8-9,12-14,19,22H,3-4,7,10-11H2,1-2H3,(H,25,26)/t19-,22+/m1/s1. The Kier molecular flexibility index (Phi) is 4.57. The maximum absolute atomic E-state index is 13.4. The SMILES string of the molecule is CN(C)C(=O)c1ccc2c(c1)CC[C@H]1[C@@H]2CCCN1C(=O)c1ccc2nc[nH]c2c1. The predicted octanol–water partition coefficient (Wildman–Crippen LogP) is 3.60. The molecule has 2 heterocycles. The van der Waals surface area contributed by atoms with E-state index in [0.29, 0.717) is 11.5 Å². The molecule has 1 N–H and O–H groups in total. The number of imidazole rings is 1. The number of hydrogen-bond acceptors (Lipinski definition) is 3. The van der Waals surface area contributed by atoms with Gasteiger partial charge >= 0.3 is 0 Å². The minimum atomic E-state index is 0.0366. The van der Waals surface area contributed by atoms with E-state index in [1.807, 2.05) is 24.3 Å². The van der Waals surface area contributed by atoms with Gasteiger partial charge < -0.3 is 14.8 Å². The summed E-state index contributed by atoms with van der Waals surface area (Å²) in [5.74, 6) is 0.476. The van der Waals surface area contributed by atoms with Crippen molar-refractivity contribution in [1.82, 2.24) is 19.8 Å². The molecule has 5 rings (SSSR count). The Balaban J connectivity index is 1.43. The van der Waals surface area contributed by atoms with Gasteiger partial charge in [0, 0.05) is 43.7 Å². The molecule has 6 heteroatoms. The van der Waals surface area contributed by atoms with Crippen LogP contribution >= 0.6 is 0 Å². The second kappa shape index (κ2) is 7.27. The van der Waals surface area contributed by atoms with Gasteiger partial charge in [0.05, 0.1) is 17.4 Å². The molecule has 154 valence electrons. The number of likely N-dealkylation sites (tertiary alicyclic amines) is 1. The normalized spacial score (nSPS) is 20.5. The van der Waals surface area contributed by atoms with Crippen LogP contribution < -0.4 is 0 Å². The summed E-state index contributed by atoms with van der Waals surface area (Å²) in [5.41, 5.74) is 5.79. The van der Waals surface area contributed by atoms with E-state index in [9.17, 15) is 9.59 Å². The van der Waals surface area contributed by atoms with E-state index in [4.69, 9.17) is 0 Å². The first kappa shape index (κ1) is 18.9. The summed E-state index contributed by atoms with van der Waals surface area (Å²) in [4.78, 5) is 36.8. The van der Waals surface area contributed by atoms with Crippen LogP contribution in [-0.2, 0) is 6.42 Å². The van der Waals surface area contributed by atoms with Gasteiger partial charge in [0.1, 0.15) is 0 Å². The summed E-state index contributed by atoms with van der Waals surface area (Å²) in [5, 5.41) is 0. The lowest BCUT2D eigenvalue weighted by molar-refractivity contribution is 0.0547. The Morgan fingerprint density at radius 3 is 2.77 bits per heavy atom. The number of aromatic nitrogens is 2. The molecule has 0 unspecified atom stereocenters. The molecular formula is C24H26N4O2. The van der Waals surface area contributed by atoms with Gasteiger partial charge in [-0.1, -0.05) is 6.07 Å². The number of rotatable bonds is 2. The first-order valence-electron chi connectivity index (χ1n) is 10.6. The Hall–Kier alpha value is -3.15. The van der Waals surface area contributed by atoms with Gasteiger partial charge in [-0.2, -0.15) is 0 Å². The van der Waals surface area contributed by atoms with Gasteiger partial charge in [-0.05, 0) is 67.1 Å². The van der Waals surface area contributed by atoms with Crippen LogP contribution in [0.25, 0.3) is 11.0 Å². The minimum Gasteiger partial charge on any atom is -0.345 e. The van der Waals surface area contributed by atoms with E-state index in [1.165, 1.54) is 11.1 Å². The molecule has 1 saturated heterocycles. The number of hydrogen-bond donors (Lipinski definition) is 1. The summed E-state index contributed by atoms with van der Waals surface area (Å²) in [6, 6.07) is 12.0. The number of nitrogens with one attached hydrogen (secondary N) is 1. The van der Waals surface area contributed by atoms with E-state index >= 15 is 0 Å². The monoisotopic (exact) mass is 402 g/mol. The zero-order valence-electron chi connectivity index (χ0n) is 17.4. The fourth-order valence-electron chi connectivity index (χ4n) is 5.14. The average molecular weight is 402 g/mol. The molecule has 2 aliphatic rings. The van der Waals surface area contributed by atoms with Crippen LogP contribution in [0.3, 0.4) is 0 Å². The number of amides is 2. The first-order chi connectivity index (χ1) is 14.5. The van der Waals surface area contributed by atoms with Crippen molar-refractivity contribution >= 4 is 22.8 Å². The van der Waals surface area contributed by atoms with E-state index in [2.05, 4.69) is 27.0 Å². The third kappa shape index (κ3) is 3.07. The highest BCUT2D eigenvalue weighted by molar-refractivity contribution is 5.97. The van der Waals surface area contributed by atoms with Crippen molar-refractivity contribution in [2.75, 3.05) is 20.6 Å². The number of carbonyl (C=O) groups is 2. The number of nitrogens with zero attached hydrogens (tertiary/aromatic N) is 3. The number of carbonyl (C=O) groups excluding carboxylic acids is 2. The molecule has 6 nitrogen and oxygen atoms in total. The molecule has 30 heavy (non-hydrogen) atoms. The lowest BCUT2D eigenvalue weighted by Gasteiger charge is -2.45. The maximum atomic E-state index is 13.4. The number of aromatic amines is 1. The van der Waals surface area contributed by atoms with Gasteiger partial charge in [0.2, 0.25) is 0 Å². The molecule has 1 aliphatic carbocycles. The van der Waals surface area contributed by atoms with Crippen molar-refractivity contribution in [3.63, 3.8) is 0 Å². The van der Waals surface area contributed by atoms with Crippen LogP contribution in [0.5, 0.6) is 0 Å². The van der Waals surface area contributed by atoms with Crippen LogP contribution in [-0.4, -0.2) is 58.3 Å². The van der Waals surface area contributed by atoms with E-state index in [-0.39, 0.29) is 17.9 Å². The van der Waals surface area contributed by atoms with Gasteiger partial charge in [-0.15, -0.1) is 0 Å². The van der Waals surface area contributed by atoms with E-state index < -0.39 is 0 Å². The largest absolute Gasteiger partial charge is 0.345 e. The topological polar surface area (TPSA) is 69.3 Å². The number of fused-ring (bicyclic) bond motifs is 4. The van der Waals surface area contributed by atoms with Crippen molar-refractivity contribution in [3.05, 3.63) is 65.0 Å². The summed E-state index contributed by atoms with van der Waals surface area (Å²) in [6.07, 6.45) is 5.58. The highest BCUT2D eigenvalue weighted by Crippen LogP contribution is 2.41. The van der Waals surface area contributed by atoms with Crippen LogP contribution in [0.15, 0.2) is 42.7 Å². The van der Waals surface area contributed by atoms with Crippen molar-refractivity contribution in [1.29, 1.82) is 0 Å². The van der Waals surface area contributed by atoms with Crippen LogP contribution in [0, 0.1) is 0 Å². The highest BCUT2D eigenvalue weighted by atomic mass is 16.2. The third-order valence-electron chi connectivity index (χ3n) is 6.61. The Bertz CT molecular complexity index is 1130. The quantitative estimate of drug-likeness (QED) is 0.712. The molecule has 0 bridgehead atoms. The van der Waals surface area contributed by atoms with Crippen LogP contribution in [0.4, 0.5) is 0 Å². The maximum Gasteiger partial charge on any atom is 0.254 e. The smallest absolute Gasteiger partial charge is 0.254 e. The fourth-order valence-corrected chi connectivity index (χ4v) is 5.14. The van der Waals surface area contributed by atoms with Crippen molar-refractivity contribution < 1.29 is 9.59 Å². The zero-order chi connectivity index (χ0) is 20.8. The van der Waals surface area contributed by atoms with E-state index in [1.54, 1.807) is 25.3 Å². The highest BCUT2D eigenvalue weighted by Gasteiger charge is 2.38. The molecule has 2 atom stereocenters. The summed E-state index contributed by atoms with van der Waals surface area (Å²) < 4.78 is 0. The second-order valence-electron chi connectivity index (χ2n) is 8.60. The number of benzene rings is 2. The fraction of sp³-hybridized carbons (Fsp3) is 0.375. The summed E-state index contributed by atoms with van der Waals surface area (Å²) >= 11 is 0. The summed E-state index contributed by atoms with van der Waals surface area (Å²) in [7, 11) is 3.56. The zero-order valence-corrected chi connectivity index (χ0v) is 17.4. The van der Waals surface area contributed by atoms with Gasteiger partial charge in [0.15, 0.2) is 0 Å². The molecule has 0 radical (unpaired) electrons. The predicted molar refractivity (Wildman–Crippen MR) is 116 cm³/mol. The first-order valence-corrected chi connectivity index (χ1v) is 10.6. The Labute approximate surface area is 175 Å². The molecule has 3 aromatic rings. The molecule has 1 aromatic heterocycles. The van der Waals surface area contributed by atoms with Gasteiger partial charge in [-0.25, -0.2) is 4.98 Å². The Morgan fingerprint density at radius 2 is 1.93 bits per heavy atom. The molecule has 2 amide bonds. The lowest BCUT2D eigenvalue weighted by atomic mass is 9.73. The van der Waals surface area contributed by atoms with Crippen molar-refractivity contribution in [3.8, 4) is 0 Å². The lowest BCUT2D eigenvalue weighted by Crippen LogP contribution is -2.49. The Morgan fingerprint density at radius 1 is 1.10 bits per heavy atom. The van der Waals surface area contributed by atoms with Gasteiger partial charge in [-0.3, -0.25) is 9.59 Å². The van der Waals surface area contributed by atoms with Crippen molar-refractivity contribution in [2.24, 2.45) is 0 Å². The third-order valence-corrected chi connectivity index (χ3v) is 6.61. The average Bonchev–Trinajstić information content (AvgIpc) is 3.25. The molecule has 2 aromatic carbocycles. The number of aryl methyl sites for hydroxylation is 1. The molecule has 0 saturated carbocycles. The number of piperidine rings is 1. The molecule has 1 aliphatic heterocycles. The van der Waals surface area contributed by atoms with Crippen molar-refractivity contribution in [2.45, 2.75) is 37.6 Å².